The summed E-state index contributed by atoms with van der Waals surface area (Å²) in [6.07, 6.45) is 2.81. The number of halogens is 2. The lowest BCUT2D eigenvalue weighted by atomic mass is 9.82. The molecule has 0 spiro atoms. The van der Waals surface area contributed by atoms with Crippen LogP contribution in [0.4, 0.5) is 5.82 Å². The molecule has 0 fully saturated rings. The first-order chi connectivity index (χ1) is 16.8. The Bertz CT molecular complexity index is 1520. The molecule has 0 atom stereocenters. The number of hydrogen-bond acceptors (Lipinski definition) is 5. The van der Waals surface area contributed by atoms with Crippen molar-refractivity contribution < 1.29 is 12.6 Å². The summed E-state index contributed by atoms with van der Waals surface area (Å²) in [5.41, 5.74) is 1.62. The molecule has 0 unspecified atom stereocenters. The number of rotatable bonds is 7. The second kappa shape index (κ2) is 9.61. The summed E-state index contributed by atoms with van der Waals surface area (Å²) in [4.78, 5) is 4.63. The molecule has 0 bridgehead atoms. The van der Waals surface area contributed by atoms with Crippen molar-refractivity contribution in [3.05, 3.63) is 76.9 Å². The molecule has 0 amide bonds. The van der Waals surface area contributed by atoms with Crippen molar-refractivity contribution in [1.82, 2.24) is 9.38 Å². The maximum absolute atomic E-state index is 13.2. The van der Waals surface area contributed by atoms with E-state index >= 15 is 0 Å². The van der Waals surface area contributed by atoms with E-state index in [1.165, 1.54) is 18.2 Å². The minimum Gasteiger partial charge on any atom is -0.378 e. The number of pyridine rings is 1. The third-order valence-corrected chi connectivity index (χ3v) is 7.42. The van der Waals surface area contributed by atoms with Crippen molar-refractivity contribution in [3.8, 4) is 17.0 Å². The maximum Gasteiger partial charge on any atom is 0.340 e. The number of imidazole rings is 1. The smallest absolute Gasteiger partial charge is 0.340 e. The number of fused-ring (bicyclic) bond motifs is 1. The zero-order valence-electron chi connectivity index (χ0n) is 20.8. The Morgan fingerprint density at radius 3 is 2.39 bits per heavy atom. The summed E-state index contributed by atoms with van der Waals surface area (Å²) in [6.45, 7) is 10.9. The van der Waals surface area contributed by atoms with E-state index in [4.69, 9.17) is 32.4 Å². The fourth-order valence-electron chi connectivity index (χ4n) is 4.56. The van der Waals surface area contributed by atoms with Crippen molar-refractivity contribution in [2.24, 2.45) is 5.41 Å². The minimum absolute atomic E-state index is 0.0240. The van der Waals surface area contributed by atoms with Crippen LogP contribution in [-0.4, -0.2) is 23.3 Å². The number of anilines is 1. The van der Waals surface area contributed by atoms with Gasteiger partial charge in [-0.05, 0) is 68.1 Å². The van der Waals surface area contributed by atoms with Crippen LogP contribution in [-0.2, 0) is 10.1 Å². The predicted octanol–water partition coefficient (Wildman–Crippen LogP) is 7.70. The highest BCUT2D eigenvalue weighted by atomic mass is 35.5. The van der Waals surface area contributed by atoms with E-state index < -0.39 is 10.1 Å². The van der Waals surface area contributed by atoms with Crippen molar-refractivity contribution in [2.45, 2.75) is 51.5 Å². The predicted molar refractivity (Wildman–Crippen MR) is 147 cm³/mol. The number of nitrogens with zero attached hydrogens (tertiary/aromatic N) is 2. The minimum atomic E-state index is -4.27. The number of hydrogen-bond donors (Lipinski definition) is 1. The van der Waals surface area contributed by atoms with Crippen molar-refractivity contribution in [3.63, 3.8) is 0 Å². The lowest BCUT2D eigenvalue weighted by Gasteiger charge is -2.34. The summed E-state index contributed by atoms with van der Waals surface area (Å²) in [7, 11) is -4.27. The molecule has 0 aliphatic carbocycles. The van der Waals surface area contributed by atoms with E-state index in [2.05, 4.69) is 39.9 Å². The molecule has 2 aromatic carbocycles. The zero-order chi connectivity index (χ0) is 26.3. The Labute approximate surface area is 222 Å². The highest BCUT2D eigenvalue weighted by Gasteiger charge is 2.29. The Kier molecular flexibility index (Phi) is 7.03. The molecule has 36 heavy (non-hydrogen) atoms. The molecular formula is C27H29Cl2N3O3S. The monoisotopic (exact) mass is 545 g/mol. The van der Waals surface area contributed by atoms with Gasteiger partial charge in [0.05, 0.1) is 5.02 Å². The van der Waals surface area contributed by atoms with Gasteiger partial charge in [-0.2, -0.15) is 8.42 Å². The van der Waals surface area contributed by atoms with Crippen LogP contribution in [0.15, 0.2) is 71.8 Å². The van der Waals surface area contributed by atoms with Crippen molar-refractivity contribution >= 4 is 44.8 Å². The fourth-order valence-corrected chi connectivity index (χ4v) is 6.25. The first kappa shape index (κ1) is 26.3. The summed E-state index contributed by atoms with van der Waals surface area (Å²) >= 11 is 12.2. The molecule has 2 heterocycles. The van der Waals surface area contributed by atoms with Gasteiger partial charge in [0.1, 0.15) is 22.1 Å². The molecule has 1 N–H and O–H groups in total. The zero-order valence-corrected chi connectivity index (χ0v) is 23.2. The second-order valence-corrected chi connectivity index (χ2v) is 13.0. The van der Waals surface area contributed by atoms with Gasteiger partial charge in [0.15, 0.2) is 5.75 Å². The molecule has 0 saturated carbocycles. The standard InChI is InChI=1S/C27H29Cl2N3O3S/c1-26(2,3)17-27(4,5)31-25-24(30-23-12-8-9-15-32(23)25)19-10-6-7-11-21(19)35-36(33,34)22-16-18(28)13-14-20(22)29/h6-16,31H,17H2,1-5H3. The van der Waals surface area contributed by atoms with Crippen LogP contribution in [0.25, 0.3) is 16.9 Å². The van der Waals surface area contributed by atoms with Crippen LogP contribution in [0, 0.1) is 5.41 Å². The van der Waals surface area contributed by atoms with Gasteiger partial charge >= 0.3 is 10.1 Å². The topological polar surface area (TPSA) is 72.7 Å². The van der Waals surface area contributed by atoms with E-state index in [0.717, 1.165) is 17.9 Å². The van der Waals surface area contributed by atoms with Gasteiger partial charge in [-0.25, -0.2) is 4.98 Å². The maximum atomic E-state index is 13.2. The Morgan fingerprint density at radius 2 is 1.67 bits per heavy atom. The molecule has 4 aromatic rings. The highest BCUT2D eigenvalue weighted by molar-refractivity contribution is 7.87. The third kappa shape index (κ3) is 5.80. The molecule has 190 valence electrons. The van der Waals surface area contributed by atoms with Crippen LogP contribution in [0.5, 0.6) is 5.75 Å². The van der Waals surface area contributed by atoms with Gasteiger partial charge in [0.2, 0.25) is 0 Å². The molecule has 4 rings (SSSR count). The SMILES string of the molecule is CC(C)(C)CC(C)(C)Nc1c(-c2ccccc2OS(=O)(=O)c2cc(Cl)ccc2Cl)nc2ccccn12. The number of nitrogens with one attached hydrogen (secondary N) is 1. The number of benzene rings is 2. The Hall–Kier alpha value is -2.74. The van der Waals surface area contributed by atoms with Crippen LogP contribution in [0.1, 0.15) is 41.0 Å². The first-order valence-corrected chi connectivity index (χ1v) is 13.7. The first-order valence-electron chi connectivity index (χ1n) is 11.5. The van der Waals surface area contributed by atoms with Crippen molar-refractivity contribution in [2.75, 3.05) is 5.32 Å². The van der Waals surface area contributed by atoms with Crippen molar-refractivity contribution in [1.29, 1.82) is 0 Å². The van der Waals surface area contributed by atoms with Crippen LogP contribution in [0.3, 0.4) is 0 Å². The lowest BCUT2D eigenvalue weighted by molar-refractivity contribution is 0.302. The fraction of sp³-hybridized carbons (Fsp3) is 0.296. The van der Waals surface area contributed by atoms with Gasteiger partial charge in [0, 0.05) is 22.3 Å². The Balaban J connectivity index is 1.83. The van der Waals surface area contributed by atoms with Gasteiger partial charge in [0.25, 0.3) is 0 Å². The normalized spacial score (nSPS) is 12.6. The average Bonchev–Trinajstić information content (AvgIpc) is 3.11. The molecule has 9 heteroatoms. The molecule has 0 aliphatic heterocycles. The molecule has 2 aromatic heterocycles. The number of aromatic nitrogens is 2. The van der Waals surface area contributed by atoms with Crippen LogP contribution < -0.4 is 9.50 Å². The lowest BCUT2D eigenvalue weighted by Crippen LogP contribution is -2.36. The van der Waals surface area contributed by atoms with E-state index in [1.807, 2.05) is 34.9 Å². The summed E-state index contributed by atoms with van der Waals surface area (Å²) in [5.74, 6) is 0.878. The quantitative estimate of drug-likeness (QED) is 0.241. The van der Waals surface area contributed by atoms with E-state index in [1.54, 1.807) is 18.2 Å². The molecular weight excluding hydrogens is 517 g/mol. The second-order valence-electron chi connectivity index (χ2n) is 10.6. The summed E-state index contributed by atoms with van der Waals surface area (Å²) in [6, 6.07) is 16.9. The van der Waals surface area contributed by atoms with Gasteiger partial charge < -0.3 is 9.50 Å². The average molecular weight is 547 g/mol. The van der Waals surface area contributed by atoms with E-state index in [-0.39, 0.29) is 31.6 Å². The van der Waals surface area contributed by atoms with E-state index in [0.29, 0.717) is 11.3 Å². The number of para-hydroxylation sites is 1. The van der Waals surface area contributed by atoms with E-state index in [9.17, 15) is 8.42 Å². The molecule has 0 radical (unpaired) electrons. The largest absolute Gasteiger partial charge is 0.378 e. The Morgan fingerprint density at radius 1 is 0.972 bits per heavy atom. The molecule has 6 nitrogen and oxygen atoms in total. The van der Waals surface area contributed by atoms with Crippen LogP contribution >= 0.6 is 23.2 Å². The van der Waals surface area contributed by atoms with Gasteiger partial charge in [-0.15, -0.1) is 0 Å². The highest BCUT2D eigenvalue weighted by Crippen LogP contribution is 2.39. The third-order valence-electron chi connectivity index (χ3n) is 5.46. The molecule has 0 saturated heterocycles. The van der Waals surface area contributed by atoms with Gasteiger partial charge in [-0.1, -0.05) is 62.2 Å². The van der Waals surface area contributed by atoms with Crippen LogP contribution in [0.2, 0.25) is 10.0 Å². The molecule has 0 aliphatic rings. The van der Waals surface area contributed by atoms with Gasteiger partial charge in [-0.3, -0.25) is 4.40 Å². The summed E-state index contributed by atoms with van der Waals surface area (Å²) in [5, 5.41) is 3.92. The summed E-state index contributed by atoms with van der Waals surface area (Å²) < 4.78 is 34.0.